The summed E-state index contributed by atoms with van der Waals surface area (Å²) in [5.41, 5.74) is 3.30. The highest BCUT2D eigenvalue weighted by Gasteiger charge is 2.13. The molecule has 2 aromatic carbocycles. The van der Waals surface area contributed by atoms with Crippen LogP contribution < -0.4 is 5.32 Å². The zero-order valence-electron chi connectivity index (χ0n) is 14.4. The molecular formula is C20H19FN4O. The molecule has 26 heavy (non-hydrogen) atoms. The fraction of sp³-hybridized carbons (Fsp3) is 0.200. The summed E-state index contributed by atoms with van der Waals surface area (Å²) in [6.07, 6.45) is 2.62. The lowest BCUT2D eigenvalue weighted by molar-refractivity contribution is 0.0945. The number of hydrogen-bond acceptors (Lipinski definition) is 2. The van der Waals surface area contributed by atoms with Gasteiger partial charge in [0.25, 0.3) is 5.91 Å². The number of carbonyl (C=O) groups is 1. The topological polar surface area (TPSA) is 51.9 Å². The fourth-order valence-electron chi connectivity index (χ4n) is 3.25. The average molecular weight is 350 g/mol. The molecule has 0 aliphatic carbocycles. The lowest BCUT2D eigenvalue weighted by Crippen LogP contribution is -2.26. The number of fused-ring (bicyclic) bond motifs is 2. The summed E-state index contributed by atoms with van der Waals surface area (Å²) in [4.78, 5) is 16.8. The molecule has 5 nitrogen and oxygen atoms in total. The third kappa shape index (κ3) is 2.94. The Morgan fingerprint density at radius 3 is 2.88 bits per heavy atom. The van der Waals surface area contributed by atoms with E-state index < -0.39 is 0 Å². The van der Waals surface area contributed by atoms with E-state index in [1.54, 1.807) is 23.7 Å². The maximum absolute atomic E-state index is 13.4. The molecule has 0 saturated heterocycles. The molecule has 0 spiro atoms. The predicted molar refractivity (Wildman–Crippen MR) is 99.6 cm³/mol. The first kappa shape index (κ1) is 16.3. The van der Waals surface area contributed by atoms with Gasteiger partial charge in [-0.1, -0.05) is 12.1 Å². The van der Waals surface area contributed by atoms with Crippen LogP contribution in [0, 0.1) is 5.82 Å². The van der Waals surface area contributed by atoms with Crippen molar-refractivity contribution < 1.29 is 9.18 Å². The van der Waals surface area contributed by atoms with E-state index in [2.05, 4.69) is 14.9 Å². The van der Waals surface area contributed by atoms with Gasteiger partial charge < -0.3 is 14.5 Å². The second-order valence-electron chi connectivity index (χ2n) is 6.33. The summed E-state index contributed by atoms with van der Waals surface area (Å²) < 4.78 is 17.2. The first-order chi connectivity index (χ1) is 12.6. The summed E-state index contributed by atoms with van der Waals surface area (Å²) in [6, 6.07) is 14.3. The summed E-state index contributed by atoms with van der Waals surface area (Å²) in [5, 5.41) is 3.79. The van der Waals surface area contributed by atoms with Gasteiger partial charge in [-0.05, 0) is 42.8 Å². The molecule has 1 amide bonds. The highest BCUT2D eigenvalue weighted by Crippen LogP contribution is 2.19. The molecule has 2 heterocycles. The number of imidazole rings is 1. The number of carbonyl (C=O) groups excluding carboxylic acids is 1. The van der Waals surface area contributed by atoms with Crippen molar-refractivity contribution in [2.75, 3.05) is 6.54 Å². The fourth-order valence-corrected chi connectivity index (χ4v) is 3.25. The molecule has 2 aromatic heterocycles. The molecule has 0 aliphatic rings. The monoisotopic (exact) mass is 350 g/mol. The van der Waals surface area contributed by atoms with Crippen molar-refractivity contribution in [1.29, 1.82) is 0 Å². The lowest BCUT2D eigenvalue weighted by Gasteiger charge is -2.08. The van der Waals surface area contributed by atoms with Crippen molar-refractivity contribution in [3.05, 3.63) is 66.4 Å². The minimum atomic E-state index is -0.307. The molecule has 0 fully saturated rings. The number of benzene rings is 2. The Bertz CT molecular complexity index is 1100. The zero-order valence-corrected chi connectivity index (χ0v) is 14.4. The smallest absolute Gasteiger partial charge is 0.267 e. The van der Waals surface area contributed by atoms with E-state index >= 15 is 0 Å². The number of rotatable bonds is 5. The van der Waals surface area contributed by atoms with Crippen LogP contribution in [0.5, 0.6) is 0 Å². The highest BCUT2D eigenvalue weighted by molar-refractivity contribution is 5.98. The Hall–Kier alpha value is -3.15. The normalized spacial score (nSPS) is 11.3. The number of aromatic nitrogens is 3. The van der Waals surface area contributed by atoms with Gasteiger partial charge in [0.05, 0.1) is 22.9 Å². The number of hydrogen-bond donors (Lipinski definition) is 1. The van der Waals surface area contributed by atoms with Crippen molar-refractivity contribution in [3.8, 4) is 0 Å². The van der Waals surface area contributed by atoms with Gasteiger partial charge in [-0.2, -0.15) is 0 Å². The van der Waals surface area contributed by atoms with Crippen LogP contribution in [0.15, 0.2) is 54.9 Å². The van der Waals surface area contributed by atoms with Crippen LogP contribution in [0.25, 0.3) is 21.9 Å². The van der Waals surface area contributed by atoms with E-state index in [-0.39, 0.29) is 11.7 Å². The van der Waals surface area contributed by atoms with Gasteiger partial charge in [0.1, 0.15) is 11.5 Å². The molecule has 0 unspecified atom stereocenters. The van der Waals surface area contributed by atoms with Crippen molar-refractivity contribution in [1.82, 2.24) is 19.4 Å². The molecule has 1 N–H and O–H groups in total. The van der Waals surface area contributed by atoms with Crippen LogP contribution in [-0.2, 0) is 13.6 Å². The maximum Gasteiger partial charge on any atom is 0.267 e. The van der Waals surface area contributed by atoms with Crippen molar-refractivity contribution in [3.63, 3.8) is 0 Å². The van der Waals surface area contributed by atoms with E-state index in [0.717, 1.165) is 29.4 Å². The minimum Gasteiger partial charge on any atom is -0.351 e. The molecule has 0 bridgehead atoms. The van der Waals surface area contributed by atoms with Gasteiger partial charge in [0, 0.05) is 25.5 Å². The third-order valence-electron chi connectivity index (χ3n) is 4.63. The number of aryl methyl sites for hydroxylation is 2. The van der Waals surface area contributed by atoms with Crippen LogP contribution in [0.2, 0.25) is 0 Å². The molecule has 0 aliphatic heterocycles. The molecular weight excluding hydrogens is 331 g/mol. The van der Waals surface area contributed by atoms with Crippen molar-refractivity contribution in [2.24, 2.45) is 7.05 Å². The zero-order chi connectivity index (χ0) is 18.1. The van der Waals surface area contributed by atoms with Gasteiger partial charge in [-0.15, -0.1) is 0 Å². The lowest BCUT2D eigenvalue weighted by atomic mass is 10.2. The van der Waals surface area contributed by atoms with E-state index in [4.69, 9.17) is 0 Å². The van der Waals surface area contributed by atoms with Crippen LogP contribution in [0.4, 0.5) is 4.39 Å². The summed E-state index contributed by atoms with van der Waals surface area (Å²) in [7, 11) is 1.77. The standard InChI is InChI=1S/C20H19FN4O/c1-24-18-12-15(21)8-7-14(18)11-19(24)20(26)22-9-4-10-25-13-23-16-5-2-3-6-17(16)25/h2-3,5-8,11-13H,4,9-10H2,1H3,(H,22,26). The number of amides is 1. The number of nitrogens with zero attached hydrogens (tertiary/aromatic N) is 3. The average Bonchev–Trinajstić information content (AvgIpc) is 3.20. The van der Waals surface area contributed by atoms with Crippen molar-refractivity contribution in [2.45, 2.75) is 13.0 Å². The van der Waals surface area contributed by atoms with E-state index in [1.807, 2.05) is 30.6 Å². The van der Waals surface area contributed by atoms with Crippen LogP contribution in [0.3, 0.4) is 0 Å². The largest absolute Gasteiger partial charge is 0.351 e. The Kier molecular flexibility index (Phi) is 4.16. The van der Waals surface area contributed by atoms with Crippen LogP contribution >= 0.6 is 0 Å². The molecule has 0 radical (unpaired) electrons. The second-order valence-corrected chi connectivity index (χ2v) is 6.33. The first-order valence-electron chi connectivity index (χ1n) is 8.56. The Labute approximate surface area is 150 Å². The summed E-state index contributed by atoms with van der Waals surface area (Å²) in [6.45, 7) is 1.34. The quantitative estimate of drug-likeness (QED) is 0.560. The van der Waals surface area contributed by atoms with Gasteiger partial charge in [-0.3, -0.25) is 4.79 Å². The van der Waals surface area contributed by atoms with Crippen LogP contribution in [0.1, 0.15) is 16.9 Å². The predicted octanol–water partition coefficient (Wildman–Crippen LogP) is 3.49. The summed E-state index contributed by atoms with van der Waals surface area (Å²) in [5.74, 6) is -0.460. The van der Waals surface area contributed by atoms with Gasteiger partial charge in [-0.25, -0.2) is 9.37 Å². The van der Waals surface area contributed by atoms with Gasteiger partial charge in [0.15, 0.2) is 0 Å². The second kappa shape index (κ2) is 6.63. The molecule has 4 aromatic rings. The van der Waals surface area contributed by atoms with Crippen molar-refractivity contribution >= 4 is 27.8 Å². The first-order valence-corrected chi connectivity index (χ1v) is 8.56. The van der Waals surface area contributed by atoms with Gasteiger partial charge >= 0.3 is 0 Å². The number of nitrogens with one attached hydrogen (secondary N) is 1. The molecule has 0 saturated carbocycles. The number of halogens is 1. The SMILES string of the molecule is Cn1c(C(=O)NCCCn2cnc3ccccc32)cc2ccc(F)cc21. The van der Waals surface area contributed by atoms with Crippen LogP contribution in [-0.4, -0.2) is 26.6 Å². The maximum atomic E-state index is 13.4. The minimum absolute atomic E-state index is 0.153. The number of para-hydroxylation sites is 2. The van der Waals surface area contributed by atoms with E-state index in [0.29, 0.717) is 17.8 Å². The van der Waals surface area contributed by atoms with Gasteiger partial charge in [0.2, 0.25) is 0 Å². The highest BCUT2D eigenvalue weighted by atomic mass is 19.1. The molecule has 0 atom stereocenters. The summed E-state index contributed by atoms with van der Waals surface area (Å²) >= 11 is 0. The van der Waals surface area contributed by atoms with E-state index in [1.165, 1.54) is 12.1 Å². The molecule has 132 valence electrons. The molecule has 6 heteroatoms. The molecule has 4 rings (SSSR count). The Morgan fingerprint density at radius 2 is 2.00 bits per heavy atom. The third-order valence-corrected chi connectivity index (χ3v) is 4.63. The van der Waals surface area contributed by atoms with E-state index in [9.17, 15) is 9.18 Å². The Morgan fingerprint density at radius 1 is 1.15 bits per heavy atom. The Balaban J connectivity index is 1.39.